The second-order valence-electron chi connectivity index (χ2n) is 5.19. The lowest BCUT2D eigenvalue weighted by atomic mass is 10.1. The van der Waals surface area contributed by atoms with Gasteiger partial charge in [-0.25, -0.2) is 9.97 Å². The van der Waals surface area contributed by atoms with Crippen LogP contribution in [-0.2, 0) is 0 Å². The molecule has 0 amide bonds. The highest BCUT2D eigenvalue weighted by Crippen LogP contribution is 2.62. The van der Waals surface area contributed by atoms with E-state index in [2.05, 4.69) is 20.1 Å². The van der Waals surface area contributed by atoms with Gasteiger partial charge < -0.3 is 9.26 Å². The van der Waals surface area contributed by atoms with Gasteiger partial charge in [0, 0.05) is 12.0 Å². The fourth-order valence-corrected chi connectivity index (χ4v) is 3.24. The van der Waals surface area contributed by atoms with E-state index in [4.69, 9.17) is 9.26 Å². The van der Waals surface area contributed by atoms with Crippen LogP contribution in [0.25, 0.3) is 11.5 Å². The molecule has 2 heterocycles. The minimum absolute atomic E-state index is 0.485. The lowest BCUT2D eigenvalue weighted by Crippen LogP contribution is -1.92. The summed E-state index contributed by atoms with van der Waals surface area (Å²) in [4.78, 5) is 12.6. The lowest BCUT2D eigenvalue weighted by molar-refractivity contribution is 0.368. The van der Waals surface area contributed by atoms with Gasteiger partial charge in [-0.2, -0.15) is 4.98 Å². The molecule has 2 aromatic rings. The Morgan fingerprint density at radius 3 is 2.89 bits per heavy atom. The summed E-state index contributed by atoms with van der Waals surface area (Å²) in [5.41, 5.74) is 0.632. The van der Waals surface area contributed by atoms with Crippen molar-refractivity contribution in [3.8, 4) is 17.4 Å². The van der Waals surface area contributed by atoms with E-state index >= 15 is 0 Å². The van der Waals surface area contributed by atoms with E-state index in [0.29, 0.717) is 23.3 Å². The highest BCUT2D eigenvalue weighted by molar-refractivity contribution is 5.49. The molecule has 0 N–H and O–H groups in total. The molecule has 0 aromatic carbocycles. The van der Waals surface area contributed by atoms with Gasteiger partial charge in [-0.05, 0) is 24.7 Å². The van der Waals surface area contributed by atoms with E-state index in [1.54, 1.807) is 13.2 Å². The predicted octanol–water partition coefficient (Wildman–Crippen LogP) is 2.05. The molecule has 2 aliphatic carbocycles. The first-order valence-corrected chi connectivity index (χ1v) is 6.57. The van der Waals surface area contributed by atoms with Gasteiger partial charge in [-0.1, -0.05) is 11.6 Å². The lowest BCUT2D eigenvalue weighted by Gasteiger charge is -1.98. The maximum atomic E-state index is 5.39. The molecule has 2 fully saturated rings. The normalized spacial score (nSPS) is 28.2. The summed E-state index contributed by atoms with van der Waals surface area (Å²) in [5, 5.41) is 4.02. The summed E-state index contributed by atoms with van der Waals surface area (Å²) in [5.74, 6) is 3.81. The fraction of sp³-hybridized carbons (Fsp3) is 0.538. The van der Waals surface area contributed by atoms with Crippen LogP contribution in [0, 0.1) is 11.8 Å². The van der Waals surface area contributed by atoms with Crippen molar-refractivity contribution in [3.63, 3.8) is 0 Å². The van der Waals surface area contributed by atoms with Crippen molar-refractivity contribution in [2.24, 2.45) is 11.8 Å². The average molecular weight is 258 g/mol. The first-order chi connectivity index (χ1) is 9.36. The molecule has 2 aromatic heterocycles. The van der Waals surface area contributed by atoms with Crippen LogP contribution in [0.4, 0.5) is 0 Å². The first-order valence-electron chi connectivity index (χ1n) is 6.57. The molecular formula is C13H14N4O2. The third-order valence-electron chi connectivity index (χ3n) is 4.21. The van der Waals surface area contributed by atoms with E-state index in [1.165, 1.54) is 25.6 Å². The van der Waals surface area contributed by atoms with Crippen LogP contribution in [0.1, 0.15) is 31.1 Å². The summed E-state index contributed by atoms with van der Waals surface area (Å²) in [6.07, 6.45) is 5.38. The number of methoxy groups -OCH3 is 1. The third-order valence-corrected chi connectivity index (χ3v) is 4.21. The van der Waals surface area contributed by atoms with Crippen molar-refractivity contribution in [2.75, 3.05) is 7.11 Å². The second kappa shape index (κ2) is 4.01. The molecule has 6 nitrogen and oxygen atoms in total. The van der Waals surface area contributed by atoms with Crippen LogP contribution in [0.2, 0.25) is 0 Å². The minimum Gasteiger partial charge on any atom is -0.481 e. The van der Waals surface area contributed by atoms with Crippen LogP contribution in [0.5, 0.6) is 5.88 Å². The summed E-state index contributed by atoms with van der Waals surface area (Å²) in [7, 11) is 1.57. The van der Waals surface area contributed by atoms with E-state index in [9.17, 15) is 0 Å². The molecule has 0 bridgehead atoms. The van der Waals surface area contributed by atoms with E-state index in [-0.39, 0.29) is 0 Å². The number of ether oxygens (including phenoxy) is 1. The number of hydrogen-bond donors (Lipinski definition) is 0. The first kappa shape index (κ1) is 10.9. The zero-order valence-electron chi connectivity index (χ0n) is 10.6. The van der Waals surface area contributed by atoms with Crippen molar-refractivity contribution in [3.05, 3.63) is 18.3 Å². The Kier molecular flexibility index (Phi) is 2.30. The third kappa shape index (κ3) is 1.70. The highest BCUT2D eigenvalue weighted by Gasteiger charge is 2.56. The summed E-state index contributed by atoms with van der Waals surface area (Å²) < 4.78 is 10.5. The van der Waals surface area contributed by atoms with Gasteiger partial charge in [0.2, 0.25) is 17.6 Å². The van der Waals surface area contributed by atoms with Gasteiger partial charge in [-0.3, -0.25) is 0 Å². The summed E-state index contributed by atoms with van der Waals surface area (Å²) in [6, 6.07) is 1.71. The molecule has 6 heteroatoms. The zero-order valence-corrected chi connectivity index (χ0v) is 10.6. The maximum absolute atomic E-state index is 5.39. The van der Waals surface area contributed by atoms with Crippen LogP contribution in [0.15, 0.2) is 16.9 Å². The Balaban J connectivity index is 1.60. The van der Waals surface area contributed by atoms with Crippen molar-refractivity contribution >= 4 is 0 Å². The van der Waals surface area contributed by atoms with Crippen LogP contribution < -0.4 is 4.74 Å². The van der Waals surface area contributed by atoms with Gasteiger partial charge >= 0.3 is 0 Å². The SMILES string of the molecule is COc1cc(-c2noc(C3C4CCCC43)n2)ncn1. The number of rotatable bonds is 3. The van der Waals surface area contributed by atoms with Gasteiger partial charge in [0.05, 0.1) is 7.11 Å². The zero-order chi connectivity index (χ0) is 12.8. The second-order valence-corrected chi connectivity index (χ2v) is 5.19. The summed E-state index contributed by atoms with van der Waals surface area (Å²) >= 11 is 0. The largest absolute Gasteiger partial charge is 0.481 e. The Bertz CT molecular complexity index is 602. The Labute approximate surface area is 110 Å². The monoisotopic (exact) mass is 258 g/mol. The molecule has 2 aliphatic rings. The number of aromatic nitrogens is 4. The predicted molar refractivity (Wildman–Crippen MR) is 65.4 cm³/mol. The number of nitrogens with zero attached hydrogens (tertiary/aromatic N) is 4. The molecule has 0 radical (unpaired) electrons. The van der Waals surface area contributed by atoms with Gasteiger partial charge in [0.1, 0.15) is 12.0 Å². The molecule has 4 rings (SSSR count). The van der Waals surface area contributed by atoms with Crippen LogP contribution in [0.3, 0.4) is 0 Å². The molecule has 2 unspecified atom stereocenters. The average Bonchev–Trinajstić information content (AvgIpc) is 2.91. The smallest absolute Gasteiger partial charge is 0.230 e. The molecule has 2 saturated carbocycles. The highest BCUT2D eigenvalue weighted by atomic mass is 16.5. The Hall–Kier alpha value is -1.98. The molecule has 0 aliphatic heterocycles. The summed E-state index contributed by atoms with van der Waals surface area (Å²) in [6.45, 7) is 0. The van der Waals surface area contributed by atoms with Gasteiger partial charge in [-0.15, -0.1) is 0 Å². The minimum atomic E-state index is 0.485. The van der Waals surface area contributed by atoms with E-state index in [1.807, 2.05) is 0 Å². The van der Waals surface area contributed by atoms with E-state index < -0.39 is 0 Å². The van der Waals surface area contributed by atoms with Crippen molar-refractivity contribution in [2.45, 2.75) is 25.2 Å². The number of fused-ring (bicyclic) bond motifs is 1. The van der Waals surface area contributed by atoms with Gasteiger partial charge in [0.15, 0.2) is 0 Å². The van der Waals surface area contributed by atoms with Crippen molar-refractivity contribution in [1.29, 1.82) is 0 Å². The fourth-order valence-electron chi connectivity index (χ4n) is 3.24. The van der Waals surface area contributed by atoms with Crippen molar-refractivity contribution < 1.29 is 9.26 Å². The maximum Gasteiger partial charge on any atom is 0.230 e. The molecule has 0 saturated heterocycles. The van der Waals surface area contributed by atoms with Crippen LogP contribution in [-0.4, -0.2) is 27.2 Å². The van der Waals surface area contributed by atoms with Gasteiger partial charge in [0.25, 0.3) is 0 Å². The molecule has 2 atom stereocenters. The molecular weight excluding hydrogens is 244 g/mol. The quantitative estimate of drug-likeness (QED) is 0.838. The molecule has 98 valence electrons. The van der Waals surface area contributed by atoms with E-state index in [0.717, 1.165) is 17.7 Å². The standard InChI is InChI=1S/C13H14N4O2/c1-18-10-5-9(14-6-15-10)12-16-13(19-17-12)11-7-3-2-4-8(7)11/h5-8,11H,2-4H2,1H3. The Morgan fingerprint density at radius 2 is 2.11 bits per heavy atom. The molecule has 19 heavy (non-hydrogen) atoms. The Morgan fingerprint density at radius 1 is 1.26 bits per heavy atom. The van der Waals surface area contributed by atoms with Crippen LogP contribution >= 0.6 is 0 Å². The molecule has 0 spiro atoms. The topological polar surface area (TPSA) is 73.9 Å². The van der Waals surface area contributed by atoms with Crippen molar-refractivity contribution in [1.82, 2.24) is 20.1 Å². The number of hydrogen-bond acceptors (Lipinski definition) is 6.